The van der Waals surface area contributed by atoms with Crippen LogP contribution in [0.2, 0.25) is 0 Å². The highest BCUT2D eigenvalue weighted by Crippen LogP contribution is 2.22. The van der Waals surface area contributed by atoms with E-state index in [2.05, 4.69) is 15.3 Å². The summed E-state index contributed by atoms with van der Waals surface area (Å²) in [5.41, 5.74) is 7.60. The van der Waals surface area contributed by atoms with Crippen molar-refractivity contribution in [2.24, 2.45) is 5.73 Å². The first-order valence-electron chi connectivity index (χ1n) is 7.08. The molecular formula is C17H15FN4O. The second kappa shape index (κ2) is 6.00. The number of anilines is 1. The summed E-state index contributed by atoms with van der Waals surface area (Å²) in [5, 5.41) is 3.84. The van der Waals surface area contributed by atoms with E-state index in [1.807, 2.05) is 6.07 Å². The number of nitrogens with one attached hydrogen (secondary N) is 1. The van der Waals surface area contributed by atoms with Gasteiger partial charge in [0.1, 0.15) is 18.0 Å². The molecule has 0 spiro atoms. The maximum absolute atomic E-state index is 13.6. The molecule has 0 bridgehead atoms. The van der Waals surface area contributed by atoms with Crippen LogP contribution in [0.1, 0.15) is 21.5 Å². The largest absolute Gasteiger partial charge is 0.366 e. The third-order valence-electron chi connectivity index (χ3n) is 3.63. The van der Waals surface area contributed by atoms with Gasteiger partial charge in [0.2, 0.25) is 0 Å². The molecular weight excluding hydrogens is 295 g/mol. The number of rotatable bonds is 4. The molecule has 1 amide bonds. The summed E-state index contributed by atoms with van der Waals surface area (Å²) < 4.78 is 13.6. The number of para-hydroxylation sites is 1. The predicted octanol–water partition coefficient (Wildman–Crippen LogP) is 2.79. The van der Waals surface area contributed by atoms with Gasteiger partial charge in [0.25, 0.3) is 5.91 Å². The maximum Gasteiger partial charge on any atom is 0.250 e. The van der Waals surface area contributed by atoms with Crippen molar-refractivity contribution in [3.05, 3.63) is 65.2 Å². The van der Waals surface area contributed by atoms with E-state index in [0.29, 0.717) is 34.4 Å². The summed E-state index contributed by atoms with van der Waals surface area (Å²) in [6.45, 7) is 2.12. The van der Waals surface area contributed by atoms with E-state index in [1.165, 1.54) is 12.4 Å². The highest BCUT2D eigenvalue weighted by Gasteiger charge is 2.11. The summed E-state index contributed by atoms with van der Waals surface area (Å²) in [7, 11) is 0. The van der Waals surface area contributed by atoms with Crippen molar-refractivity contribution in [3.8, 4) is 0 Å². The van der Waals surface area contributed by atoms with Crippen molar-refractivity contribution >= 4 is 22.6 Å². The number of benzene rings is 2. The quantitative estimate of drug-likeness (QED) is 0.776. The Balaban J connectivity index is 1.92. The van der Waals surface area contributed by atoms with Gasteiger partial charge in [0.05, 0.1) is 11.1 Å². The lowest BCUT2D eigenvalue weighted by molar-refractivity contribution is 0.100. The van der Waals surface area contributed by atoms with Crippen LogP contribution in [-0.2, 0) is 6.54 Å². The number of hydrogen-bond donors (Lipinski definition) is 2. The number of primary amides is 1. The molecule has 0 aliphatic heterocycles. The molecule has 2 aromatic carbocycles. The van der Waals surface area contributed by atoms with Crippen LogP contribution in [0.25, 0.3) is 10.9 Å². The predicted molar refractivity (Wildman–Crippen MR) is 86.5 cm³/mol. The summed E-state index contributed by atoms with van der Waals surface area (Å²) in [5.74, 6) is -0.215. The van der Waals surface area contributed by atoms with Crippen LogP contribution >= 0.6 is 0 Å². The van der Waals surface area contributed by atoms with Crippen LogP contribution in [-0.4, -0.2) is 15.9 Å². The topological polar surface area (TPSA) is 80.9 Å². The van der Waals surface area contributed by atoms with Crippen LogP contribution in [0.3, 0.4) is 0 Å². The van der Waals surface area contributed by atoms with Gasteiger partial charge in [-0.3, -0.25) is 4.79 Å². The second-order valence-corrected chi connectivity index (χ2v) is 5.23. The Hall–Kier alpha value is -3.02. The van der Waals surface area contributed by atoms with Gasteiger partial charge < -0.3 is 11.1 Å². The number of fused-ring (bicyclic) bond motifs is 1. The molecule has 3 rings (SSSR count). The standard InChI is InChI=1S/C17H15FN4O/c1-10-5-6-11(7-14(10)18)8-20-17-13-4-2-3-12(16(19)23)15(13)21-9-22-17/h2-7,9H,8H2,1H3,(H2,19,23)(H,20,21,22). The molecule has 0 aliphatic carbocycles. The summed E-state index contributed by atoms with van der Waals surface area (Å²) in [6, 6.07) is 10.2. The van der Waals surface area contributed by atoms with E-state index in [9.17, 15) is 9.18 Å². The number of aryl methyl sites for hydroxylation is 1. The molecule has 3 aromatic rings. The highest BCUT2D eigenvalue weighted by atomic mass is 19.1. The zero-order valence-corrected chi connectivity index (χ0v) is 12.5. The van der Waals surface area contributed by atoms with Gasteiger partial charge in [-0.2, -0.15) is 0 Å². The molecule has 0 atom stereocenters. The molecule has 23 heavy (non-hydrogen) atoms. The Morgan fingerprint density at radius 1 is 1.26 bits per heavy atom. The van der Waals surface area contributed by atoms with Gasteiger partial charge in [-0.25, -0.2) is 14.4 Å². The first-order chi connectivity index (χ1) is 11.1. The molecule has 0 radical (unpaired) electrons. The Bertz CT molecular complexity index is 895. The molecule has 0 fully saturated rings. The van der Waals surface area contributed by atoms with Gasteiger partial charge in [-0.05, 0) is 36.2 Å². The van der Waals surface area contributed by atoms with Crippen molar-refractivity contribution in [1.82, 2.24) is 9.97 Å². The molecule has 116 valence electrons. The fourth-order valence-corrected chi connectivity index (χ4v) is 2.36. The van der Waals surface area contributed by atoms with Crippen molar-refractivity contribution in [2.45, 2.75) is 13.5 Å². The van der Waals surface area contributed by atoms with Crippen molar-refractivity contribution in [2.75, 3.05) is 5.32 Å². The molecule has 5 nitrogen and oxygen atoms in total. The Morgan fingerprint density at radius 3 is 2.83 bits per heavy atom. The van der Waals surface area contributed by atoms with E-state index in [-0.39, 0.29) is 5.82 Å². The molecule has 6 heteroatoms. The lowest BCUT2D eigenvalue weighted by Crippen LogP contribution is -2.12. The molecule has 0 unspecified atom stereocenters. The average Bonchev–Trinajstić information content (AvgIpc) is 2.55. The second-order valence-electron chi connectivity index (χ2n) is 5.23. The van der Waals surface area contributed by atoms with Crippen molar-refractivity contribution in [3.63, 3.8) is 0 Å². The number of amides is 1. The minimum absolute atomic E-state index is 0.243. The summed E-state index contributed by atoms with van der Waals surface area (Å²) >= 11 is 0. The average molecular weight is 310 g/mol. The summed E-state index contributed by atoms with van der Waals surface area (Å²) in [4.78, 5) is 19.8. The van der Waals surface area contributed by atoms with Gasteiger partial charge in [-0.1, -0.05) is 18.2 Å². The fourth-order valence-electron chi connectivity index (χ4n) is 2.36. The monoisotopic (exact) mass is 310 g/mol. The van der Waals surface area contributed by atoms with Crippen molar-refractivity contribution < 1.29 is 9.18 Å². The Morgan fingerprint density at radius 2 is 2.09 bits per heavy atom. The summed E-state index contributed by atoms with van der Waals surface area (Å²) in [6.07, 6.45) is 1.37. The normalized spacial score (nSPS) is 10.7. The first-order valence-corrected chi connectivity index (χ1v) is 7.08. The fraction of sp³-hybridized carbons (Fsp3) is 0.118. The van der Waals surface area contributed by atoms with Crippen LogP contribution in [0.4, 0.5) is 10.2 Å². The van der Waals surface area contributed by atoms with Crippen LogP contribution < -0.4 is 11.1 Å². The zero-order chi connectivity index (χ0) is 16.4. The maximum atomic E-state index is 13.6. The van der Waals surface area contributed by atoms with Gasteiger partial charge in [-0.15, -0.1) is 0 Å². The van der Waals surface area contributed by atoms with Crippen molar-refractivity contribution in [1.29, 1.82) is 0 Å². The molecule has 1 aromatic heterocycles. The lowest BCUT2D eigenvalue weighted by atomic mass is 10.1. The number of aromatic nitrogens is 2. The minimum Gasteiger partial charge on any atom is -0.366 e. The number of hydrogen-bond acceptors (Lipinski definition) is 4. The number of nitrogens with two attached hydrogens (primary N) is 1. The van der Waals surface area contributed by atoms with Gasteiger partial charge >= 0.3 is 0 Å². The van der Waals surface area contributed by atoms with Gasteiger partial charge in [0, 0.05) is 11.9 Å². The number of carbonyl (C=O) groups is 1. The SMILES string of the molecule is Cc1ccc(CNc2ncnc3c(C(N)=O)cccc23)cc1F. The third kappa shape index (κ3) is 2.96. The molecule has 3 N–H and O–H groups in total. The van der Waals surface area contributed by atoms with E-state index >= 15 is 0 Å². The number of carbonyl (C=O) groups excluding carboxylic acids is 1. The van der Waals surface area contributed by atoms with Gasteiger partial charge in [0.15, 0.2) is 0 Å². The zero-order valence-electron chi connectivity index (χ0n) is 12.5. The van der Waals surface area contributed by atoms with Crippen LogP contribution in [0.15, 0.2) is 42.7 Å². The molecule has 1 heterocycles. The van der Waals surface area contributed by atoms with E-state index in [4.69, 9.17) is 5.73 Å². The Kier molecular flexibility index (Phi) is 3.89. The molecule has 0 saturated carbocycles. The highest BCUT2D eigenvalue weighted by molar-refractivity contribution is 6.06. The minimum atomic E-state index is -0.541. The molecule has 0 saturated heterocycles. The smallest absolute Gasteiger partial charge is 0.250 e. The van der Waals surface area contributed by atoms with E-state index in [1.54, 1.807) is 31.2 Å². The van der Waals surface area contributed by atoms with E-state index in [0.717, 1.165) is 5.56 Å². The van der Waals surface area contributed by atoms with E-state index < -0.39 is 5.91 Å². The van der Waals surface area contributed by atoms with Crippen LogP contribution in [0.5, 0.6) is 0 Å². The Labute approximate surface area is 132 Å². The first kappa shape index (κ1) is 14.9. The number of nitrogens with zero attached hydrogens (tertiary/aromatic N) is 2. The lowest BCUT2D eigenvalue weighted by Gasteiger charge is -2.10. The van der Waals surface area contributed by atoms with Crippen LogP contribution in [0, 0.1) is 12.7 Å². The molecule has 0 aliphatic rings. The third-order valence-corrected chi connectivity index (χ3v) is 3.63. The number of halogens is 1.